The lowest BCUT2D eigenvalue weighted by molar-refractivity contribution is 0.289. The molecule has 0 aromatic carbocycles. The summed E-state index contributed by atoms with van der Waals surface area (Å²) in [6.07, 6.45) is 0. The van der Waals surface area contributed by atoms with Gasteiger partial charge < -0.3 is 0 Å². The van der Waals surface area contributed by atoms with Crippen LogP contribution in [0.4, 0.5) is 0 Å². The molecule has 0 saturated carbocycles. The van der Waals surface area contributed by atoms with Crippen molar-refractivity contribution in [3.05, 3.63) is 0 Å². The fourth-order valence-electron chi connectivity index (χ4n) is 5.99. The molecular weight excluding hydrogens is 316 g/mol. The highest BCUT2D eigenvalue weighted by Gasteiger charge is 3.15. The summed E-state index contributed by atoms with van der Waals surface area (Å²) in [6.45, 7) is 26.0. The Morgan fingerprint density at radius 2 is 0.900 bits per heavy atom. The predicted molar refractivity (Wildman–Crippen MR) is 100 cm³/mol. The van der Waals surface area contributed by atoms with Crippen molar-refractivity contribution in [2.75, 3.05) is 6.66 Å². The Bertz CT molecular complexity index is 486. The highest BCUT2D eigenvalue weighted by molar-refractivity contribution is 8.77. The maximum Gasteiger partial charge on any atom is 0.0485 e. The lowest BCUT2D eigenvalue weighted by Crippen LogP contribution is -2.43. The standard InChI is InChI=1S/C16H30P4/c1-11(2,3)14-15(12(4,5)6)18(14)17(10)16(13(7,8)9)19(14)20(15)16/h1-10H3/t14-,15+,16?,17?,18?,19?,20?. The summed E-state index contributed by atoms with van der Waals surface area (Å²) in [5.74, 6) is 0. The van der Waals surface area contributed by atoms with Crippen LogP contribution in [0.1, 0.15) is 62.3 Å². The van der Waals surface area contributed by atoms with Crippen molar-refractivity contribution in [2.45, 2.75) is 76.7 Å². The summed E-state index contributed by atoms with van der Waals surface area (Å²) in [4.78, 5) is 1.70. The monoisotopic (exact) mass is 346 g/mol. The van der Waals surface area contributed by atoms with Gasteiger partial charge in [-0.2, -0.15) is 0 Å². The van der Waals surface area contributed by atoms with E-state index in [1.165, 1.54) is 0 Å². The molecule has 0 aromatic rings. The van der Waals surface area contributed by atoms with Gasteiger partial charge in [0.1, 0.15) is 0 Å². The van der Waals surface area contributed by atoms with Gasteiger partial charge in [0, 0.05) is 14.4 Å². The van der Waals surface area contributed by atoms with Gasteiger partial charge in [-0.3, -0.25) is 0 Å². The van der Waals surface area contributed by atoms with Crippen molar-refractivity contribution in [2.24, 2.45) is 16.2 Å². The maximum absolute atomic E-state index is 2.73. The normalized spacial score (nSPS) is 59.1. The molecule has 114 valence electrons. The van der Waals surface area contributed by atoms with Crippen LogP contribution in [0.25, 0.3) is 0 Å². The van der Waals surface area contributed by atoms with Crippen LogP contribution in [0.2, 0.25) is 0 Å². The molecule has 5 rings (SSSR count). The highest BCUT2D eigenvalue weighted by atomic mass is 32.2. The van der Waals surface area contributed by atoms with E-state index in [1.54, 1.807) is 0 Å². The van der Waals surface area contributed by atoms with Gasteiger partial charge in [-0.15, -0.1) is 0 Å². The Morgan fingerprint density at radius 1 is 0.550 bits per heavy atom. The average Bonchev–Trinajstić information content (AvgIpc) is 2.83. The zero-order valence-electron chi connectivity index (χ0n) is 14.8. The Labute approximate surface area is 130 Å². The minimum absolute atomic E-state index is 0.322. The van der Waals surface area contributed by atoms with Gasteiger partial charge in [0.15, 0.2) is 0 Å². The molecule has 5 aliphatic heterocycles. The highest BCUT2D eigenvalue weighted by Crippen LogP contribution is 3.51. The second-order valence-electron chi connectivity index (χ2n) is 10.2. The summed E-state index contributed by atoms with van der Waals surface area (Å²) in [7, 11) is 1.48. The van der Waals surface area contributed by atoms with E-state index in [2.05, 4.69) is 69.0 Å². The van der Waals surface area contributed by atoms with Crippen molar-refractivity contribution >= 4 is 30.4 Å². The van der Waals surface area contributed by atoms with Crippen LogP contribution in [0.5, 0.6) is 0 Å². The van der Waals surface area contributed by atoms with E-state index in [0.717, 1.165) is 14.4 Å². The van der Waals surface area contributed by atoms with E-state index in [1.807, 2.05) is 0 Å². The van der Waals surface area contributed by atoms with Gasteiger partial charge >= 0.3 is 0 Å². The first kappa shape index (κ1) is 15.3. The van der Waals surface area contributed by atoms with Crippen LogP contribution in [-0.2, 0) is 0 Å². The first-order valence-corrected chi connectivity index (χ1v) is 15.1. The van der Waals surface area contributed by atoms with Gasteiger partial charge in [-0.1, -0.05) is 77.5 Å². The molecule has 0 aromatic heterocycles. The molecule has 0 spiro atoms. The quantitative estimate of drug-likeness (QED) is 0.396. The van der Waals surface area contributed by atoms with Gasteiger partial charge in [0.25, 0.3) is 0 Å². The molecule has 5 unspecified atom stereocenters. The SMILES string of the molecule is CP1P2[C@]3(C(C)(C)C)P4P(C14C(C)(C)C)[C@]23C(C)(C)C. The second kappa shape index (κ2) is 3.26. The minimum Gasteiger partial charge on any atom is -0.0657 e. The third kappa shape index (κ3) is 0.986. The first-order valence-electron chi connectivity index (χ1n) is 7.91. The molecular formula is C16H30P4. The molecule has 4 heteroatoms. The van der Waals surface area contributed by atoms with Gasteiger partial charge in [0.05, 0.1) is 0 Å². The summed E-state index contributed by atoms with van der Waals surface area (Å²) >= 11 is 0. The molecule has 5 aliphatic rings. The number of rotatable bonds is 0. The largest absolute Gasteiger partial charge is 0.0657 e. The van der Waals surface area contributed by atoms with Crippen molar-refractivity contribution in [3.63, 3.8) is 0 Å². The van der Waals surface area contributed by atoms with Crippen LogP contribution < -0.4 is 0 Å². The first-order chi connectivity index (χ1) is 8.76. The summed E-state index contributed by atoms with van der Waals surface area (Å²) < 4.78 is 0.888. The van der Waals surface area contributed by atoms with E-state index in [-0.39, 0.29) is 0 Å². The van der Waals surface area contributed by atoms with Crippen LogP contribution >= 0.6 is 30.4 Å². The predicted octanol–water partition coefficient (Wildman–Crippen LogP) is 7.61. The summed E-state index contributed by atoms with van der Waals surface area (Å²) in [6, 6.07) is 0. The maximum atomic E-state index is 2.73. The average molecular weight is 346 g/mol. The summed E-state index contributed by atoms with van der Waals surface area (Å²) in [5.41, 5.74) is 1.72. The van der Waals surface area contributed by atoms with Gasteiger partial charge in [-0.25, -0.2) is 0 Å². The fourth-order valence-corrected chi connectivity index (χ4v) is 58.8. The molecule has 5 heterocycles. The molecule has 0 nitrogen and oxygen atoms in total. The third-order valence-electron chi connectivity index (χ3n) is 6.26. The topological polar surface area (TPSA) is 0 Å². The molecule has 5 saturated heterocycles. The zero-order valence-corrected chi connectivity index (χ0v) is 18.4. The molecule has 0 radical (unpaired) electrons. The van der Waals surface area contributed by atoms with Crippen molar-refractivity contribution in [1.29, 1.82) is 0 Å². The van der Waals surface area contributed by atoms with Crippen LogP contribution in [-0.4, -0.2) is 21.1 Å². The van der Waals surface area contributed by atoms with Crippen molar-refractivity contribution in [1.82, 2.24) is 0 Å². The lowest BCUT2D eigenvalue weighted by Gasteiger charge is -2.48. The fraction of sp³-hybridized carbons (Fsp3) is 1.00. The van der Waals surface area contributed by atoms with Crippen LogP contribution in [0.15, 0.2) is 0 Å². The van der Waals surface area contributed by atoms with E-state index < -0.39 is 0 Å². The lowest BCUT2D eigenvalue weighted by atomic mass is 9.80. The minimum atomic E-state index is 0.322. The van der Waals surface area contributed by atoms with E-state index in [4.69, 9.17) is 0 Å². The van der Waals surface area contributed by atoms with Crippen LogP contribution in [0.3, 0.4) is 0 Å². The Kier molecular flexibility index (Phi) is 2.49. The Morgan fingerprint density at radius 3 is 1.05 bits per heavy atom. The molecule has 20 heavy (non-hydrogen) atoms. The van der Waals surface area contributed by atoms with Gasteiger partial charge in [0.2, 0.25) is 0 Å². The Balaban J connectivity index is 1.93. The molecule has 7 atom stereocenters. The molecule has 5 fully saturated rings. The number of hydrogen-bond donors (Lipinski definition) is 0. The van der Waals surface area contributed by atoms with E-state index in [9.17, 15) is 0 Å². The number of hydrogen-bond acceptors (Lipinski definition) is 0. The second-order valence-corrected chi connectivity index (χ2v) is 25.0. The smallest absolute Gasteiger partial charge is 0.0485 e. The Hall–Kier alpha value is 1.72. The van der Waals surface area contributed by atoms with Crippen LogP contribution in [0, 0.1) is 16.2 Å². The van der Waals surface area contributed by atoms with Gasteiger partial charge in [-0.05, 0) is 38.1 Å². The third-order valence-corrected chi connectivity index (χ3v) is 36.8. The van der Waals surface area contributed by atoms with Crippen molar-refractivity contribution < 1.29 is 0 Å². The summed E-state index contributed by atoms with van der Waals surface area (Å²) in [5, 5.41) is 0. The van der Waals surface area contributed by atoms with E-state index >= 15 is 0 Å². The molecule has 0 amide bonds. The molecule has 0 N–H and O–H groups in total. The molecule has 2 bridgehead atoms. The van der Waals surface area contributed by atoms with Crippen molar-refractivity contribution in [3.8, 4) is 0 Å². The van der Waals surface area contributed by atoms with E-state index in [0.29, 0.717) is 46.7 Å². The zero-order chi connectivity index (χ0) is 15.3. The molecule has 0 aliphatic carbocycles.